The number of amides is 1. The van der Waals surface area contributed by atoms with E-state index < -0.39 is 17.7 Å². The lowest BCUT2D eigenvalue weighted by Crippen LogP contribution is -2.29. The molecule has 34 heavy (non-hydrogen) atoms. The average Bonchev–Trinajstić information content (AvgIpc) is 3.38. The molecule has 1 aliphatic heterocycles. The third-order valence-corrected chi connectivity index (χ3v) is 6.23. The zero-order chi connectivity index (χ0) is 23.8. The summed E-state index contributed by atoms with van der Waals surface area (Å²) in [4.78, 5) is 35.3. The minimum absolute atomic E-state index is 0.0633. The van der Waals surface area contributed by atoms with Crippen LogP contribution in [0.25, 0.3) is 16.7 Å². The van der Waals surface area contributed by atoms with Crippen molar-refractivity contribution < 1.29 is 19.4 Å². The molecule has 170 valence electrons. The molecule has 7 nitrogen and oxygen atoms in total. The number of hydrogen-bond acceptors (Lipinski definition) is 5. The Morgan fingerprint density at radius 3 is 2.62 bits per heavy atom. The van der Waals surface area contributed by atoms with E-state index in [0.29, 0.717) is 11.3 Å². The maximum absolute atomic E-state index is 13.3. The standard InChI is InChI=1S/C27H23N3O4/c1-16-13-18(7-8-22(16)34-2)25(31)23-24(20-14-29-21-6-4-3-5-19(20)21)30(27(33)26(23)32)15-17-9-11-28-12-10-17/h3-14,24,29,31H,15H2,1-2H3/b25-23+. The van der Waals surface area contributed by atoms with Crippen LogP contribution in [0.5, 0.6) is 5.75 Å². The minimum atomic E-state index is -0.758. The van der Waals surface area contributed by atoms with Crippen LogP contribution in [0.15, 0.2) is 78.8 Å². The maximum atomic E-state index is 13.3. The Bertz CT molecular complexity index is 1440. The van der Waals surface area contributed by atoms with Gasteiger partial charge in [-0.1, -0.05) is 18.2 Å². The Hall–Kier alpha value is -4.39. The molecule has 2 aromatic heterocycles. The zero-order valence-corrected chi connectivity index (χ0v) is 18.8. The number of aliphatic hydroxyl groups excluding tert-OH is 1. The van der Waals surface area contributed by atoms with Crippen LogP contribution in [-0.4, -0.2) is 38.8 Å². The fourth-order valence-electron chi connectivity index (χ4n) is 4.55. The van der Waals surface area contributed by atoms with Crippen molar-refractivity contribution in [1.82, 2.24) is 14.9 Å². The summed E-state index contributed by atoms with van der Waals surface area (Å²) >= 11 is 0. The molecule has 1 atom stereocenters. The van der Waals surface area contributed by atoms with E-state index in [1.165, 1.54) is 4.90 Å². The lowest BCUT2D eigenvalue weighted by molar-refractivity contribution is -0.140. The quantitative estimate of drug-likeness (QED) is 0.264. The predicted octanol–water partition coefficient (Wildman–Crippen LogP) is 4.50. The SMILES string of the molecule is COc1ccc(/C(O)=C2\C(=O)C(=O)N(Cc3ccncc3)C2c2c[nH]c3ccccc23)cc1C. The van der Waals surface area contributed by atoms with E-state index in [1.807, 2.05) is 31.2 Å². The number of para-hydroxylation sites is 1. The van der Waals surface area contributed by atoms with Crippen molar-refractivity contribution in [3.63, 3.8) is 0 Å². The van der Waals surface area contributed by atoms with E-state index in [2.05, 4.69) is 9.97 Å². The van der Waals surface area contributed by atoms with Gasteiger partial charge in [0.25, 0.3) is 11.7 Å². The van der Waals surface area contributed by atoms with Gasteiger partial charge in [0.05, 0.1) is 18.7 Å². The number of ether oxygens (including phenoxy) is 1. The summed E-state index contributed by atoms with van der Waals surface area (Å²) in [6.45, 7) is 2.06. The summed E-state index contributed by atoms with van der Waals surface area (Å²) in [7, 11) is 1.57. The van der Waals surface area contributed by atoms with Gasteiger partial charge in [0.15, 0.2) is 0 Å². The summed E-state index contributed by atoms with van der Waals surface area (Å²) in [5.41, 5.74) is 3.78. The highest BCUT2D eigenvalue weighted by Gasteiger charge is 2.46. The van der Waals surface area contributed by atoms with Gasteiger partial charge in [-0.2, -0.15) is 0 Å². The Morgan fingerprint density at radius 2 is 1.88 bits per heavy atom. The van der Waals surface area contributed by atoms with Crippen LogP contribution in [0.1, 0.15) is 28.3 Å². The second-order valence-electron chi connectivity index (χ2n) is 8.26. The monoisotopic (exact) mass is 453 g/mol. The summed E-state index contributed by atoms with van der Waals surface area (Å²) in [6.07, 6.45) is 5.09. The van der Waals surface area contributed by atoms with Crippen LogP contribution in [-0.2, 0) is 16.1 Å². The molecule has 1 saturated heterocycles. The number of carbonyl (C=O) groups excluding carboxylic acids is 2. The number of carbonyl (C=O) groups is 2. The van der Waals surface area contributed by atoms with Crippen LogP contribution < -0.4 is 4.74 Å². The van der Waals surface area contributed by atoms with E-state index in [4.69, 9.17) is 4.74 Å². The molecule has 5 rings (SSSR count). The number of aromatic nitrogens is 2. The lowest BCUT2D eigenvalue weighted by Gasteiger charge is -2.25. The summed E-state index contributed by atoms with van der Waals surface area (Å²) in [5, 5.41) is 12.2. The number of likely N-dealkylation sites (tertiary alicyclic amines) is 1. The Labute approximate surface area is 196 Å². The number of methoxy groups -OCH3 is 1. The summed E-state index contributed by atoms with van der Waals surface area (Å²) in [5.74, 6) is -0.909. The largest absolute Gasteiger partial charge is 0.507 e. The van der Waals surface area contributed by atoms with Crippen molar-refractivity contribution in [2.24, 2.45) is 0 Å². The average molecular weight is 453 g/mol. The van der Waals surface area contributed by atoms with E-state index >= 15 is 0 Å². The van der Waals surface area contributed by atoms with Crippen LogP contribution in [0, 0.1) is 6.92 Å². The van der Waals surface area contributed by atoms with Crippen LogP contribution in [0.2, 0.25) is 0 Å². The number of pyridine rings is 1. The summed E-state index contributed by atoms with van der Waals surface area (Å²) < 4.78 is 5.32. The van der Waals surface area contributed by atoms with E-state index in [-0.39, 0.29) is 17.9 Å². The van der Waals surface area contributed by atoms with Crippen molar-refractivity contribution >= 4 is 28.4 Å². The van der Waals surface area contributed by atoms with Crippen molar-refractivity contribution in [3.05, 3.63) is 101 Å². The predicted molar refractivity (Wildman–Crippen MR) is 128 cm³/mol. The van der Waals surface area contributed by atoms with Gasteiger partial charge >= 0.3 is 0 Å². The third-order valence-electron chi connectivity index (χ3n) is 6.23. The molecule has 0 spiro atoms. The molecule has 3 heterocycles. The lowest BCUT2D eigenvalue weighted by atomic mass is 9.94. The zero-order valence-electron chi connectivity index (χ0n) is 18.8. The van der Waals surface area contributed by atoms with Gasteiger partial charge in [0.2, 0.25) is 0 Å². The molecule has 2 N–H and O–H groups in total. The number of benzene rings is 2. The van der Waals surface area contributed by atoms with Crippen molar-refractivity contribution in [1.29, 1.82) is 0 Å². The van der Waals surface area contributed by atoms with Crippen molar-refractivity contribution in [3.8, 4) is 5.75 Å². The minimum Gasteiger partial charge on any atom is -0.507 e. The first-order valence-electron chi connectivity index (χ1n) is 10.9. The molecule has 2 aromatic carbocycles. The molecule has 7 heteroatoms. The first-order valence-corrected chi connectivity index (χ1v) is 10.9. The number of rotatable bonds is 5. The number of nitrogens with zero attached hydrogens (tertiary/aromatic N) is 2. The first kappa shape index (κ1) is 21.5. The molecule has 4 aromatic rings. The molecule has 1 unspecified atom stereocenters. The number of aryl methyl sites for hydroxylation is 1. The van der Waals surface area contributed by atoms with E-state index in [1.54, 1.807) is 56.0 Å². The number of H-pyrrole nitrogens is 1. The van der Waals surface area contributed by atoms with E-state index in [9.17, 15) is 14.7 Å². The second-order valence-corrected chi connectivity index (χ2v) is 8.26. The van der Waals surface area contributed by atoms with Crippen LogP contribution >= 0.6 is 0 Å². The highest BCUT2D eigenvalue weighted by Crippen LogP contribution is 2.42. The van der Waals surface area contributed by atoms with Crippen LogP contribution in [0.4, 0.5) is 0 Å². The number of hydrogen-bond donors (Lipinski definition) is 2. The highest BCUT2D eigenvalue weighted by molar-refractivity contribution is 6.46. The van der Waals surface area contributed by atoms with Gasteiger partial charge in [-0.15, -0.1) is 0 Å². The third kappa shape index (κ3) is 3.51. The van der Waals surface area contributed by atoms with Gasteiger partial charge in [-0.3, -0.25) is 14.6 Å². The summed E-state index contributed by atoms with van der Waals surface area (Å²) in [6, 6.07) is 15.7. The molecule has 0 radical (unpaired) electrons. The van der Waals surface area contributed by atoms with E-state index in [0.717, 1.165) is 27.6 Å². The highest BCUT2D eigenvalue weighted by atomic mass is 16.5. The smallest absolute Gasteiger partial charge is 0.295 e. The van der Waals surface area contributed by atoms with Crippen molar-refractivity contribution in [2.75, 3.05) is 7.11 Å². The number of ketones is 1. The Morgan fingerprint density at radius 1 is 1.12 bits per heavy atom. The normalized spacial score (nSPS) is 17.5. The molecule has 0 aliphatic carbocycles. The van der Waals surface area contributed by atoms with Crippen LogP contribution in [0.3, 0.4) is 0 Å². The number of nitrogens with one attached hydrogen (secondary N) is 1. The number of fused-ring (bicyclic) bond motifs is 1. The van der Waals surface area contributed by atoms with Gasteiger partial charge < -0.3 is 19.7 Å². The van der Waals surface area contributed by atoms with Gasteiger partial charge in [0, 0.05) is 47.2 Å². The number of aromatic amines is 1. The molecule has 1 fully saturated rings. The van der Waals surface area contributed by atoms with Gasteiger partial charge in [-0.25, -0.2) is 0 Å². The Balaban J connectivity index is 1.70. The molecule has 1 amide bonds. The maximum Gasteiger partial charge on any atom is 0.295 e. The number of Topliss-reactive ketones (excluding diaryl/α,β-unsaturated/α-hetero) is 1. The second kappa shape index (κ2) is 8.51. The Kier molecular flexibility index (Phi) is 5.37. The fourth-order valence-corrected chi connectivity index (χ4v) is 4.55. The first-order chi connectivity index (χ1) is 16.5. The molecular weight excluding hydrogens is 430 g/mol. The van der Waals surface area contributed by atoms with Crippen molar-refractivity contribution in [2.45, 2.75) is 19.5 Å². The fraction of sp³-hybridized carbons (Fsp3) is 0.148. The molecule has 0 bridgehead atoms. The molecule has 1 aliphatic rings. The molecule has 0 saturated carbocycles. The molecular formula is C27H23N3O4. The number of aliphatic hydroxyl groups is 1. The van der Waals surface area contributed by atoms with Gasteiger partial charge in [0.1, 0.15) is 11.5 Å². The topological polar surface area (TPSA) is 95.5 Å². The van der Waals surface area contributed by atoms with Gasteiger partial charge in [-0.05, 0) is 54.4 Å².